The van der Waals surface area contributed by atoms with Crippen LogP contribution in [0.3, 0.4) is 0 Å². The highest BCUT2D eigenvalue weighted by atomic mass is 16.5. The van der Waals surface area contributed by atoms with E-state index in [4.69, 9.17) is 4.74 Å². The molecule has 0 spiro atoms. The van der Waals surface area contributed by atoms with Crippen molar-refractivity contribution in [1.82, 2.24) is 4.40 Å². The second kappa shape index (κ2) is 6.86. The number of ether oxygens (including phenoxy) is 1. The maximum atomic E-state index is 12.7. The molecule has 0 fully saturated rings. The van der Waals surface area contributed by atoms with Gasteiger partial charge in [0.15, 0.2) is 5.56 Å². The fraction of sp³-hybridized carbons (Fsp3) is 0.444. The fourth-order valence-electron chi connectivity index (χ4n) is 2.67. The molecule has 1 N–H and O–H groups in total. The summed E-state index contributed by atoms with van der Waals surface area (Å²) in [7, 11) is 0. The molecule has 2 rings (SSSR count). The molecule has 5 nitrogen and oxygen atoms in total. The van der Waals surface area contributed by atoms with Gasteiger partial charge in [0.1, 0.15) is 5.75 Å². The van der Waals surface area contributed by atoms with E-state index >= 15 is 0 Å². The Bertz CT molecular complexity index is 790. The Morgan fingerprint density at radius 3 is 2.65 bits per heavy atom. The first-order chi connectivity index (χ1) is 10.9. The number of esters is 1. The van der Waals surface area contributed by atoms with Crippen molar-refractivity contribution in [2.45, 2.75) is 40.5 Å². The van der Waals surface area contributed by atoms with E-state index in [2.05, 4.69) is 13.8 Å². The predicted octanol–water partition coefficient (Wildman–Crippen LogP) is 3.08. The first-order valence-electron chi connectivity index (χ1n) is 7.91. The predicted molar refractivity (Wildman–Crippen MR) is 89.2 cm³/mol. The number of carbonyl (C=O) groups excluding carboxylic acids is 1. The topological polar surface area (TPSA) is 68.0 Å². The Labute approximate surface area is 135 Å². The molecule has 5 heteroatoms. The Morgan fingerprint density at radius 2 is 2.04 bits per heavy atom. The van der Waals surface area contributed by atoms with E-state index in [9.17, 15) is 14.7 Å². The molecule has 0 bridgehead atoms. The van der Waals surface area contributed by atoms with Crippen LogP contribution < -0.4 is 5.56 Å². The summed E-state index contributed by atoms with van der Waals surface area (Å²) in [4.78, 5) is 24.8. The summed E-state index contributed by atoms with van der Waals surface area (Å²) >= 11 is 0. The smallest absolute Gasteiger partial charge is 0.347 e. The van der Waals surface area contributed by atoms with Gasteiger partial charge in [0.2, 0.25) is 0 Å². The number of rotatable bonds is 5. The molecule has 0 amide bonds. The highest BCUT2D eigenvalue weighted by Crippen LogP contribution is 2.28. The highest BCUT2D eigenvalue weighted by molar-refractivity contribution is 5.93. The number of hydrogen-bond donors (Lipinski definition) is 1. The number of aryl methyl sites for hydroxylation is 2. The van der Waals surface area contributed by atoms with Gasteiger partial charge in [-0.3, -0.25) is 9.20 Å². The zero-order valence-corrected chi connectivity index (χ0v) is 14.0. The molecule has 0 saturated heterocycles. The van der Waals surface area contributed by atoms with E-state index in [-0.39, 0.29) is 17.9 Å². The lowest BCUT2D eigenvalue weighted by atomic mass is 9.99. The largest absolute Gasteiger partial charge is 0.506 e. The molecule has 0 aromatic carbocycles. The average molecular weight is 317 g/mol. The lowest BCUT2D eigenvalue weighted by Gasteiger charge is -2.15. The summed E-state index contributed by atoms with van der Waals surface area (Å²) in [6, 6.07) is 5.43. The van der Waals surface area contributed by atoms with Gasteiger partial charge in [-0.15, -0.1) is 0 Å². The Hall–Kier alpha value is -2.30. The minimum absolute atomic E-state index is 0.148. The van der Waals surface area contributed by atoms with Crippen LogP contribution in [0, 0.1) is 12.8 Å². The zero-order chi connectivity index (χ0) is 17.1. The number of aromatic hydroxyl groups is 1. The Balaban J connectivity index is 2.79. The van der Waals surface area contributed by atoms with Gasteiger partial charge in [0.25, 0.3) is 5.56 Å². The molecule has 0 unspecified atom stereocenters. The van der Waals surface area contributed by atoms with Gasteiger partial charge in [-0.1, -0.05) is 19.9 Å². The average Bonchev–Trinajstić information content (AvgIpc) is 2.46. The summed E-state index contributed by atoms with van der Waals surface area (Å²) in [5.41, 5.74) is 1.15. The maximum absolute atomic E-state index is 12.7. The molecule has 2 heterocycles. The van der Waals surface area contributed by atoms with E-state index < -0.39 is 11.5 Å². The van der Waals surface area contributed by atoms with Crippen molar-refractivity contribution < 1.29 is 14.6 Å². The summed E-state index contributed by atoms with van der Waals surface area (Å²) in [5.74, 6) is -0.588. The van der Waals surface area contributed by atoms with E-state index in [1.54, 1.807) is 26.0 Å². The molecular weight excluding hydrogens is 294 g/mol. The molecule has 0 aliphatic rings. The second-order valence-electron chi connectivity index (χ2n) is 6.05. The third-order valence-electron chi connectivity index (χ3n) is 3.89. The van der Waals surface area contributed by atoms with Crippen molar-refractivity contribution in [1.29, 1.82) is 0 Å². The minimum Gasteiger partial charge on any atom is -0.506 e. The third-order valence-corrected chi connectivity index (χ3v) is 3.89. The number of carbonyl (C=O) groups is 1. The van der Waals surface area contributed by atoms with Crippen LogP contribution in [0.4, 0.5) is 0 Å². The number of aromatic nitrogens is 1. The molecule has 0 radical (unpaired) electrons. The highest BCUT2D eigenvalue weighted by Gasteiger charge is 2.24. The van der Waals surface area contributed by atoms with Crippen molar-refractivity contribution >= 4 is 11.5 Å². The SMILES string of the molecule is CCOC(=O)c1c(O)c(CCC(C)C)c2cccc(C)n2c1=O. The van der Waals surface area contributed by atoms with E-state index in [1.807, 2.05) is 6.07 Å². The van der Waals surface area contributed by atoms with Crippen molar-refractivity contribution in [3.63, 3.8) is 0 Å². The van der Waals surface area contributed by atoms with Crippen molar-refractivity contribution in [3.8, 4) is 5.75 Å². The minimum atomic E-state index is -0.779. The number of nitrogens with zero attached hydrogens (tertiary/aromatic N) is 1. The van der Waals surface area contributed by atoms with Gasteiger partial charge >= 0.3 is 5.97 Å². The van der Waals surface area contributed by atoms with Gasteiger partial charge in [-0.25, -0.2) is 4.79 Å². The normalized spacial score (nSPS) is 11.2. The van der Waals surface area contributed by atoms with Gasteiger partial charge in [0, 0.05) is 11.3 Å². The van der Waals surface area contributed by atoms with Crippen LogP contribution in [0.2, 0.25) is 0 Å². The van der Waals surface area contributed by atoms with Crippen molar-refractivity contribution in [2.24, 2.45) is 5.92 Å². The number of fused-ring (bicyclic) bond motifs is 1. The Kier molecular flexibility index (Phi) is 5.08. The van der Waals surface area contributed by atoms with Gasteiger partial charge < -0.3 is 9.84 Å². The quantitative estimate of drug-likeness (QED) is 0.861. The molecule has 0 saturated carbocycles. The van der Waals surface area contributed by atoms with Crippen LogP contribution in [0.5, 0.6) is 5.75 Å². The standard InChI is InChI=1S/C18H23NO4/c1-5-23-18(22)15-16(20)13(10-9-11(2)3)14-8-6-7-12(4)19(14)17(15)21/h6-8,11,20H,5,9-10H2,1-4H3. The molecule has 0 atom stereocenters. The third kappa shape index (κ3) is 3.23. The lowest BCUT2D eigenvalue weighted by Crippen LogP contribution is -2.26. The second-order valence-corrected chi connectivity index (χ2v) is 6.05. The van der Waals surface area contributed by atoms with Gasteiger partial charge in [-0.05, 0) is 44.7 Å². The molecule has 2 aromatic rings. The van der Waals surface area contributed by atoms with Crippen LogP contribution >= 0.6 is 0 Å². The van der Waals surface area contributed by atoms with Crippen LogP contribution in [0.25, 0.3) is 5.52 Å². The van der Waals surface area contributed by atoms with Crippen LogP contribution in [0.1, 0.15) is 48.8 Å². The first kappa shape index (κ1) is 17.1. The maximum Gasteiger partial charge on any atom is 0.347 e. The number of pyridine rings is 2. The van der Waals surface area contributed by atoms with Gasteiger partial charge in [0.05, 0.1) is 12.1 Å². The molecular formula is C18H23NO4. The molecule has 0 aliphatic carbocycles. The lowest BCUT2D eigenvalue weighted by molar-refractivity contribution is 0.0520. The Morgan fingerprint density at radius 1 is 1.35 bits per heavy atom. The monoisotopic (exact) mass is 317 g/mol. The summed E-state index contributed by atoms with van der Waals surface area (Å²) < 4.78 is 6.42. The molecule has 2 aromatic heterocycles. The van der Waals surface area contributed by atoms with Crippen molar-refractivity contribution in [2.75, 3.05) is 6.61 Å². The molecule has 0 aliphatic heterocycles. The molecule has 124 valence electrons. The van der Waals surface area contributed by atoms with E-state index in [0.29, 0.717) is 29.1 Å². The molecule has 23 heavy (non-hydrogen) atoms. The van der Waals surface area contributed by atoms with Crippen molar-refractivity contribution in [3.05, 3.63) is 45.4 Å². The van der Waals surface area contributed by atoms with Gasteiger partial charge in [-0.2, -0.15) is 0 Å². The van der Waals surface area contributed by atoms with E-state index in [0.717, 1.165) is 6.42 Å². The summed E-state index contributed by atoms with van der Waals surface area (Å²) in [6.45, 7) is 7.79. The summed E-state index contributed by atoms with van der Waals surface area (Å²) in [6.07, 6.45) is 1.43. The van der Waals surface area contributed by atoms with Crippen LogP contribution in [-0.2, 0) is 11.2 Å². The number of hydrogen-bond acceptors (Lipinski definition) is 4. The summed E-state index contributed by atoms with van der Waals surface area (Å²) in [5, 5.41) is 10.6. The van der Waals surface area contributed by atoms with E-state index in [1.165, 1.54) is 4.40 Å². The zero-order valence-electron chi connectivity index (χ0n) is 14.0. The fourth-order valence-corrected chi connectivity index (χ4v) is 2.67. The van der Waals surface area contributed by atoms with Crippen LogP contribution in [0.15, 0.2) is 23.0 Å². The first-order valence-corrected chi connectivity index (χ1v) is 7.91. The van der Waals surface area contributed by atoms with Crippen LogP contribution in [-0.4, -0.2) is 22.1 Å².